The number of ether oxygens (including phenoxy) is 2. The lowest BCUT2D eigenvalue weighted by atomic mass is 10.2. The average molecular weight is 192 g/mol. The van der Waals surface area contributed by atoms with Crippen molar-refractivity contribution in [1.82, 2.24) is 0 Å². The van der Waals surface area contributed by atoms with Crippen LogP contribution in [0.3, 0.4) is 0 Å². The largest absolute Gasteiger partial charge is 0.493 e. The van der Waals surface area contributed by atoms with Crippen molar-refractivity contribution in [2.45, 2.75) is 13.8 Å². The molecule has 2 nitrogen and oxygen atoms in total. The van der Waals surface area contributed by atoms with Gasteiger partial charge in [-0.3, -0.25) is 0 Å². The predicted octanol–water partition coefficient (Wildman–Crippen LogP) is 2.96. The van der Waals surface area contributed by atoms with Crippen LogP contribution in [0.25, 0.3) is 0 Å². The third-order valence-corrected chi connectivity index (χ3v) is 1.79. The van der Waals surface area contributed by atoms with Gasteiger partial charge in [-0.05, 0) is 37.1 Å². The summed E-state index contributed by atoms with van der Waals surface area (Å²) in [6.07, 6.45) is 0. The van der Waals surface area contributed by atoms with Crippen LogP contribution >= 0.6 is 0 Å². The molecule has 76 valence electrons. The lowest BCUT2D eigenvalue weighted by Gasteiger charge is -2.10. The Balaban J connectivity index is 2.80. The van der Waals surface area contributed by atoms with Crippen LogP contribution < -0.4 is 9.47 Å². The summed E-state index contributed by atoms with van der Waals surface area (Å²) in [5.74, 6) is 1.53. The highest BCUT2D eigenvalue weighted by Gasteiger charge is 2.03. The number of aryl methyl sites for hydroxylation is 1. The summed E-state index contributed by atoms with van der Waals surface area (Å²) in [5.41, 5.74) is 2.15. The molecule has 0 aromatic heterocycles. The topological polar surface area (TPSA) is 18.5 Å². The Morgan fingerprint density at radius 3 is 2.64 bits per heavy atom. The van der Waals surface area contributed by atoms with Gasteiger partial charge in [0.1, 0.15) is 6.61 Å². The van der Waals surface area contributed by atoms with Gasteiger partial charge in [0.05, 0.1) is 7.11 Å². The smallest absolute Gasteiger partial charge is 0.161 e. The van der Waals surface area contributed by atoms with E-state index in [1.807, 2.05) is 32.0 Å². The maximum atomic E-state index is 5.52. The first-order valence-electron chi connectivity index (χ1n) is 4.55. The Kier molecular flexibility index (Phi) is 3.57. The van der Waals surface area contributed by atoms with Gasteiger partial charge in [0.15, 0.2) is 11.5 Å². The van der Waals surface area contributed by atoms with E-state index in [1.54, 1.807) is 7.11 Å². The van der Waals surface area contributed by atoms with Gasteiger partial charge in [-0.25, -0.2) is 0 Å². The van der Waals surface area contributed by atoms with Crippen molar-refractivity contribution in [3.8, 4) is 11.5 Å². The monoisotopic (exact) mass is 192 g/mol. The van der Waals surface area contributed by atoms with Gasteiger partial charge in [-0.1, -0.05) is 12.6 Å². The second-order valence-electron chi connectivity index (χ2n) is 3.40. The molecule has 0 fully saturated rings. The van der Waals surface area contributed by atoms with Crippen molar-refractivity contribution in [2.75, 3.05) is 13.7 Å². The maximum absolute atomic E-state index is 5.52. The van der Waals surface area contributed by atoms with Gasteiger partial charge in [0, 0.05) is 0 Å². The van der Waals surface area contributed by atoms with Crippen molar-refractivity contribution >= 4 is 0 Å². The number of methoxy groups -OCH3 is 1. The molecule has 1 aromatic rings. The van der Waals surface area contributed by atoms with E-state index < -0.39 is 0 Å². The molecule has 0 amide bonds. The van der Waals surface area contributed by atoms with E-state index in [2.05, 4.69) is 6.58 Å². The predicted molar refractivity (Wildman–Crippen MR) is 58.0 cm³/mol. The van der Waals surface area contributed by atoms with Crippen molar-refractivity contribution in [3.05, 3.63) is 35.9 Å². The van der Waals surface area contributed by atoms with Crippen LogP contribution in [0.5, 0.6) is 11.5 Å². The van der Waals surface area contributed by atoms with Gasteiger partial charge in [-0.15, -0.1) is 0 Å². The third kappa shape index (κ3) is 2.80. The van der Waals surface area contributed by atoms with Crippen molar-refractivity contribution in [3.63, 3.8) is 0 Å². The average Bonchev–Trinajstić information content (AvgIpc) is 2.15. The minimum Gasteiger partial charge on any atom is -0.493 e. The molecule has 1 aromatic carbocycles. The maximum Gasteiger partial charge on any atom is 0.161 e. The van der Waals surface area contributed by atoms with E-state index in [9.17, 15) is 0 Å². The van der Waals surface area contributed by atoms with Crippen molar-refractivity contribution in [2.24, 2.45) is 0 Å². The van der Waals surface area contributed by atoms with Crippen molar-refractivity contribution < 1.29 is 9.47 Å². The fourth-order valence-electron chi connectivity index (χ4n) is 1.10. The van der Waals surface area contributed by atoms with Gasteiger partial charge < -0.3 is 9.47 Å². The summed E-state index contributed by atoms with van der Waals surface area (Å²) in [4.78, 5) is 0. The van der Waals surface area contributed by atoms with E-state index >= 15 is 0 Å². The minimum atomic E-state index is 0.527. The van der Waals surface area contributed by atoms with Gasteiger partial charge in [0.25, 0.3) is 0 Å². The highest BCUT2D eigenvalue weighted by Crippen LogP contribution is 2.27. The molecule has 0 N–H and O–H groups in total. The summed E-state index contributed by atoms with van der Waals surface area (Å²) in [7, 11) is 1.64. The molecule has 0 saturated carbocycles. The number of rotatable bonds is 4. The van der Waals surface area contributed by atoms with E-state index in [4.69, 9.17) is 9.47 Å². The van der Waals surface area contributed by atoms with Crippen molar-refractivity contribution in [1.29, 1.82) is 0 Å². The number of hydrogen-bond acceptors (Lipinski definition) is 2. The van der Waals surface area contributed by atoms with Crippen LogP contribution in [-0.4, -0.2) is 13.7 Å². The molecule has 1 rings (SSSR count). The normalized spacial score (nSPS) is 9.64. The van der Waals surface area contributed by atoms with E-state index in [0.29, 0.717) is 6.61 Å². The lowest BCUT2D eigenvalue weighted by molar-refractivity contribution is 0.319. The van der Waals surface area contributed by atoms with Gasteiger partial charge >= 0.3 is 0 Å². The number of benzene rings is 1. The van der Waals surface area contributed by atoms with Crippen LogP contribution in [0.2, 0.25) is 0 Å². The Labute approximate surface area is 85.2 Å². The molecular weight excluding hydrogens is 176 g/mol. The molecule has 0 radical (unpaired) electrons. The Bertz CT molecular complexity index is 329. The van der Waals surface area contributed by atoms with Crippen LogP contribution in [0.1, 0.15) is 12.5 Å². The van der Waals surface area contributed by atoms with Gasteiger partial charge in [-0.2, -0.15) is 0 Å². The third-order valence-electron chi connectivity index (χ3n) is 1.79. The number of hydrogen-bond donors (Lipinski definition) is 0. The fourth-order valence-corrected chi connectivity index (χ4v) is 1.10. The summed E-state index contributed by atoms with van der Waals surface area (Å²) >= 11 is 0. The quantitative estimate of drug-likeness (QED) is 0.683. The fraction of sp³-hybridized carbons (Fsp3) is 0.333. The van der Waals surface area contributed by atoms with Crippen LogP contribution in [0, 0.1) is 6.92 Å². The zero-order valence-corrected chi connectivity index (χ0v) is 8.96. The Morgan fingerprint density at radius 1 is 1.36 bits per heavy atom. The molecular formula is C12H16O2. The summed E-state index contributed by atoms with van der Waals surface area (Å²) < 4.78 is 10.7. The molecule has 0 unspecified atom stereocenters. The van der Waals surface area contributed by atoms with E-state index in [0.717, 1.165) is 22.6 Å². The first-order chi connectivity index (χ1) is 6.63. The molecule has 0 bridgehead atoms. The van der Waals surface area contributed by atoms with Gasteiger partial charge in [0.2, 0.25) is 0 Å². The van der Waals surface area contributed by atoms with E-state index in [1.165, 1.54) is 0 Å². The summed E-state index contributed by atoms with van der Waals surface area (Å²) in [6, 6.07) is 5.86. The zero-order valence-electron chi connectivity index (χ0n) is 8.96. The van der Waals surface area contributed by atoms with Crippen LogP contribution in [-0.2, 0) is 0 Å². The van der Waals surface area contributed by atoms with Crippen LogP contribution in [0.15, 0.2) is 30.4 Å². The molecule has 0 aliphatic heterocycles. The molecule has 0 aliphatic carbocycles. The molecule has 2 heteroatoms. The summed E-state index contributed by atoms with van der Waals surface area (Å²) in [6.45, 7) is 8.25. The molecule has 0 saturated heterocycles. The first kappa shape index (κ1) is 10.6. The Hall–Kier alpha value is -1.44. The minimum absolute atomic E-state index is 0.527. The molecule has 0 atom stereocenters. The molecule has 14 heavy (non-hydrogen) atoms. The highest BCUT2D eigenvalue weighted by molar-refractivity contribution is 5.42. The van der Waals surface area contributed by atoms with Crippen LogP contribution in [0.4, 0.5) is 0 Å². The molecule has 0 spiro atoms. The second-order valence-corrected chi connectivity index (χ2v) is 3.40. The molecule has 0 aliphatic rings. The Morgan fingerprint density at radius 2 is 2.07 bits per heavy atom. The van der Waals surface area contributed by atoms with E-state index in [-0.39, 0.29) is 0 Å². The second kappa shape index (κ2) is 4.70. The first-order valence-corrected chi connectivity index (χ1v) is 4.55. The molecule has 0 heterocycles. The zero-order chi connectivity index (χ0) is 10.6. The summed E-state index contributed by atoms with van der Waals surface area (Å²) in [5, 5.41) is 0. The standard InChI is InChI=1S/C12H16O2/c1-9(2)8-14-11-6-5-10(3)7-12(11)13-4/h5-7H,1,8H2,2-4H3. The highest BCUT2D eigenvalue weighted by atomic mass is 16.5. The SMILES string of the molecule is C=C(C)COc1ccc(C)cc1OC. The lowest BCUT2D eigenvalue weighted by Crippen LogP contribution is -1.99.